The molecule has 234 valence electrons. The number of rotatable bonds is 8. The molecular weight excluding hydrogens is 562 g/mol. The van der Waals surface area contributed by atoms with Crippen LogP contribution in [0.15, 0.2) is 36.4 Å². The lowest BCUT2D eigenvalue weighted by molar-refractivity contribution is -0.286. The summed E-state index contributed by atoms with van der Waals surface area (Å²) in [6.45, 7) is 8.08. The van der Waals surface area contributed by atoms with E-state index in [4.69, 9.17) is 14.3 Å². The summed E-state index contributed by atoms with van der Waals surface area (Å²) in [4.78, 5) is 20.1. The van der Waals surface area contributed by atoms with Crippen LogP contribution in [-0.4, -0.2) is 65.5 Å². The molecule has 11 heteroatoms. The number of carbonyl (C=O) groups excluding carboxylic acids is 1. The second kappa shape index (κ2) is 10.9. The third kappa shape index (κ3) is 5.04. The number of nitrogens with zero attached hydrogens (tertiary/aromatic N) is 1. The Balaban J connectivity index is 1.29. The molecule has 1 amide bonds. The Morgan fingerprint density at radius 3 is 2.53 bits per heavy atom. The molecule has 0 radical (unpaired) electrons. The van der Waals surface area contributed by atoms with Gasteiger partial charge in [-0.05, 0) is 49.0 Å². The molecule has 3 aliphatic carbocycles. The number of nitrogens with one attached hydrogen (secondary N) is 1. The van der Waals surface area contributed by atoms with Crippen LogP contribution in [0.2, 0.25) is 0 Å². The first-order chi connectivity index (χ1) is 20.4. The van der Waals surface area contributed by atoms with Crippen LogP contribution in [0.25, 0.3) is 11.1 Å². The van der Waals surface area contributed by atoms with E-state index >= 15 is 0 Å². The van der Waals surface area contributed by atoms with Gasteiger partial charge in [0.2, 0.25) is 5.91 Å². The highest BCUT2D eigenvalue weighted by Crippen LogP contribution is 2.61. The first-order valence-corrected chi connectivity index (χ1v) is 14.9. The number of hydroxylamine groups is 2. The quantitative estimate of drug-likeness (QED) is 0.410. The van der Waals surface area contributed by atoms with Crippen molar-refractivity contribution >= 4 is 5.91 Å². The number of para-hydroxylation sites is 2. The maximum atomic E-state index is 14.0. The van der Waals surface area contributed by atoms with Crippen molar-refractivity contribution in [2.75, 3.05) is 13.7 Å². The van der Waals surface area contributed by atoms with Gasteiger partial charge in [-0.25, -0.2) is 0 Å². The predicted octanol–water partition coefficient (Wildman–Crippen LogP) is 4.34. The fourth-order valence-corrected chi connectivity index (χ4v) is 8.00. The molecule has 5 aliphatic rings. The summed E-state index contributed by atoms with van der Waals surface area (Å²) in [7, 11) is 1.47. The number of aliphatic hydroxyl groups excluding tert-OH is 2. The highest BCUT2D eigenvalue weighted by atomic mass is 19.3. The lowest BCUT2D eigenvalue weighted by Crippen LogP contribution is -2.62. The standard InChI is InChI=1S/C32H40F2N2O7/c1-16-22-12-19(31(22,3)4)13-23(16)35-30(39)27-26(17(2)38)25(15-37)43-36(27)14-18-8-6-9-20(28(18)40-5)21-10-7-11-24-29(21)42-32(33,34)41-24/h6-11,16-17,19,22-23,25-27,37-38H,12-15H2,1-5H3,(H,35,39)/t16-,17-,19+,22+,23-,25-,26+,27-/m0/s1. The molecule has 43 heavy (non-hydrogen) atoms. The molecule has 1 saturated heterocycles. The number of ether oxygens (including phenoxy) is 3. The van der Waals surface area contributed by atoms with Gasteiger partial charge < -0.3 is 29.7 Å². The summed E-state index contributed by atoms with van der Waals surface area (Å²) < 4.78 is 43.1. The van der Waals surface area contributed by atoms with Gasteiger partial charge in [0.15, 0.2) is 11.5 Å². The molecule has 9 nitrogen and oxygen atoms in total. The van der Waals surface area contributed by atoms with Crippen molar-refractivity contribution in [3.63, 3.8) is 0 Å². The van der Waals surface area contributed by atoms with Crippen LogP contribution in [0, 0.1) is 29.1 Å². The van der Waals surface area contributed by atoms with Crippen LogP contribution in [0.5, 0.6) is 17.2 Å². The third-order valence-corrected chi connectivity index (χ3v) is 10.4. The average Bonchev–Trinajstić information content (AvgIpc) is 3.49. The minimum atomic E-state index is -3.78. The molecular formula is C32H40F2N2O7. The summed E-state index contributed by atoms with van der Waals surface area (Å²) in [6.07, 6.45) is -3.44. The number of carbonyl (C=O) groups is 1. The number of hydrogen-bond donors (Lipinski definition) is 3. The van der Waals surface area contributed by atoms with Crippen molar-refractivity contribution in [3.8, 4) is 28.4 Å². The Kier molecular flexibility index (Phi) is 7.60. The van der Waals surface area contributed by atoms with E-state index in [-0.39, 0.29) is 42.0 Å². The van der Waals surface area contributed by atoms with Crippen LogP contribution in [0.3, 0.4) is 0 Å². The number of fused-ring (bicyclic) bond motifs is 3. The zero-order valence-electron chi connectivity index (χ0n) is 25.1. The van der Waals surface area contributed by atoms with Crippen molar-refractivity contribution in [2.24, 2.45) is 29.1 Å². The molecule has 8 atom stereocenters. The van der Waals surface area contributed by atoms with Crippen molar-refractivity contribution in [1.29, 1.82) is 0 Å². The Hall–Kier alpha value is -2.99. The van der Waals surface area contributed by atoms with Crippen molar-refractivity contribution in [2.45, 2.75) is 77.7 Å². The van der Waals surface area contributed by atoms with E-state index in [1.165, 1.54) is 24.7 Å². The van der Waals surface area contributed by atoms with Gasteiger partial charge in [0.25, 0.3) is 0 Å². The number of amides is 1. The summed E-state index contributed by atoms with van der Waals surface area (Å²) in [6, 6.07) is 9.01. The fourth-order valence-electron chi connectivity index (χ4n) is 8.00. The molecule has 2 heterocycles. The molecule has 3 N–H and O–H groups in total. The van der Waals surface area contributed by atoms with Gasteiger partial charge in [-0.1, -0.05) is 51.1 Å². The Labute approximate surface area is 250 Å². The van der Waals surface area contributed by atoms with Crippen LogP contribution in [0.4, 0.5) is 8.78 Å². The molecule has 7 rings (SSSR count). The van der Waals surface area contributed by atoms with E-state index in [1.807, 2.05) is 0 Å². The maximum absolute atomic E-state index is 14.0. The number of alkyl halides is 2. The number of aliphatic hydroxyl groups is 2. The van der Waals surface area contributed by atoms with Gasteiger partial charge in [0.1, 0.15) is 17.9 Å². The first kappa shape index (κ1) is 30.1. The monoisotopic (exact) mass is 602 g/mol. The van der Waals surface area contributed by atoms with Gasteiger partial charge >= 0.3 is 6.29 Å². The minimum Gasteiger partial charge on any atom is -0.496 e. The molecule has 0 aromatic heterocycles. The second-order valence-corrected chi connectivity index (χ2v) is 13.0. The highest BCUT2D eigenvalue weighted by Gasteiger charge is 2.57. The molecule has 2 aliphatic heterocycles. The van der Waals surface area contributed by atoms with Gasteiger partial charge in [-0.3, -0.25) is 9.63 Å². The van der Waals surface area contributed by atoms with E-state index in [9.17, 15) is 23.8 Å². The molecule has 4 fully saturated rings. The third-order valence-electron chi connectivity index (χ3n) is 10.4. The van der Waals surface area contributed by atoms with Gasteiger partial charge in [0, 0.05) is 28.7 Å². The van der Waals surface area contributed by atoms with Crippen LogP contribution >= 0.6 is 0 Å². The Morgan fingerprint density at radius 1 is 1.16 bits per heavy atom. The smallest absolute Gasteiger partial charge is 0.496 e. The summed E-state index contributed by atoms with van der Waals surface area (Å²) >= 11 is 0. The second-order valence-electron chi connectivity index (χ2n) is 13.0. The molecule has 2 aromatic rings. The minimum absolute atomic E-state index is 0.00679. The number of hydrogen-bond acceptors (Lipinski definition) is 8. The topological polar surface area (TPSA) is 110 Å². The molecule has 2 aromatic carbocycles. The lowest BCUT2D eigenvalue weighted by atomic mass is 9.45. The van der Waals surface area contributed by atoms with Crippen LogP contribution in [0.1, 0.15) is 46.1 Å². The predicted molar refractivity (Wildman–Crippen MR) is 152 cm³/mol. The van der Waals surface area contributed by atoms with E-state index in [0.717, 1.165) is 6.42 Å². The van der Waals surface area contributed by atoms with Crippen molar-refractivity contribution in [3.05, 3.63) is 42.0 Å². The molecule has 2 bridgehead atoms. The number of methoxy groups -OCH3 is 1. The summed E-state index contributed by atoms with van der Waals surface area (Å²) in [5.41, 5.74) is 1.72. The Bertz CT molecular complexity index is 1390. The molecule has 3 saturated carbocycles. The van der Waals surface area contributed by atoms with Crippen LogP contribution in [-0.2, 0) is 16.2 Å². The molecule has 0 unspecified atom stereocenters. The zero-order valence-corrected chi connectivity index (χ0v) is 25.1. The van der Waals surface area contributed by atoms with E-state index < -0.39 is 30.5 Å². The normalized spacial score (nSPS) is 32.6. The largest absolute Gasteiger partial charge is 0.586 e. The average molecular weight is 603 g/mol. The van der Waals surface area contributed by atoms with E-state index in [1.54, 1.807) is 37.3 Å². The zero-order chi connectivity index (χ0) is 30.8. The van der Waals surface area contributed by atoms with Gasteiger partial charge in [-0.15, -0.1) is 8.78 Å². The maximum Gasteiger partial charge on any atom is 0.586 e. The van der Waals surface area contributed by atoms with E-state index in [2.05, 4.69) is 30.8 Å². The van der Waals surface area contributed by atoms with Crippen LogP contribution < -0.4 is 19.5 Å². The van der Waals surface area contributed by atoms with Crippen molar-refractivity contribution < 1.29 is 42.8 Å². The molecule has 0 spiro atoms. The SMILES string of the molecule is COc1c(CN2O[C@@H](CO)[C@@H]([C@H](C)O)[C@H]2C(=O)N[C@H]2C[C@H]3C[C@H]([C@@H]2C)C3(C)C)cccc1-c1cccc2c1OC(F)(F)O2. The first-order valence-electron chi connectivity index (χ1n) is 14.9. The number of halogens is 2. The number of benzene rings is 2. The summed E-state index contributed by atoms with van der Waals surface area (Å²) in [5.74, 6) is 0.631. The van der Waals surface area contributed by atoms with Gasteiger partial charge in [0.05, 0.1) is 26.4 Å². The Morgan fingerprint density at radius 2 is 1.88 bits per heavy atom. The van der Waals surface area contributed by atoms with Crippen molar-refractivity contribution in [1.82, 2.24) is 10.4 Å². The van der Waals surface area contributed by atoms with E-state index in [0.29, 0.717) is 40.2 Å². The van der Waals surface area contributed by atoms with Gasteiger partial charge in [-0.2, -0.15) is 5.06 Å². The summed E-state index contributed by atoms with van der Waals surface area (Å²) in [5, 5.41) is 25.7. The fraction of sp³-hybridized carbons (Fsp3) is 0.594. The lowest BCUT2D eigenvalue weighted by Gasteiger charge is -2.62. The highest BCUT2D eigenvalue weighted by molar-refractivity contribution is 5.83.